The zero-order chi connectivity index (χ0) is 15.6. The lowest BCUT2D eigenvalue weighted by Gasteiger charge is -2.28. The summed E-state index contributed by atoms with van der Waals surface area (Å²) in [5, 5.41) is 0. The molecule has 0 radical (unpaired) electrons. The van der Waals surface area contributed by atoms with Gasteiger partial charge in [-0.15, -0.1) is 12.3 Å². The molecule has 0 aromatic rings. The van der Waals surface area contributed by atoms with Crippen molar-refractivity contribution in [1.29, 1.82) is 0 Å². The molecule has 0 aliphatic rings. The summed E-state index contributed by atoms with van der Waals surface area (Å²) in [7, 11) is 0. The Balaban J connectivity index is 5.37. The third-order valence-electron chi connectivity index (χ3n) is 2.75. The van der Waals surface area contributed by atoms with Gasteiger partial charge >= 0.3 is 11.9 Å². The third-order valence-corrected chi connectivity index (χ3v) is 3.03. The van der Waals surface area contributed by atoms with Crippen LogP contribution < -0.4 is 0 Å². The van der Waals surface area contributed by atoms with Crippen LogP contribution in [-0.4, -0.2) is 25.2 Å². The number of halogens is 1. The first-order valence-corrected chi connectivity index (χ1v) is 7.35. The molecule has 0 saturated heterocycles. The Hall–Kier alpha value is -1.28. The van der Waals surface area contributed by atoms with Crippen LogP contribution in [0.25, 0.3) is 0 Å². The van der Waals surface area contributed by atoms with Gasteiger partial charge in [-0.2, -0.15) is 0 Å². The largest absolute Gasteiger partial charge is 0.465 e. The standard InChI is InChI=1S/C15H21BrO4/c1-5-8-9-10-15(11-12(4)16,13(17)19-6-2)14(18)20-7-3/h1H,4,6-11H2,2-3H3. The molecule has 0 saturated carbocycles. The quantitative estimate of drug-likeness (QED) is 0.279. The molecule has 0 amide bonds. The monoisotopic (exact) mass is 344 g/mol. The summed E-state index contributed by atoms with van der Waals surface area (Å²) in [6, 6.07) is 0. The van der Waals surface area contributed by atoms with Gasteiger partial charge in [0.2, 0.25) is 0 Å². The highest BCUT2D eigenvalue weighted by atomic mass is 79.9. The van der Waals surface area contributed by atoms with E-state index in [1.807, 2.05) is 0 Å². The van der Waals surface area contributed by atoms with Crippen LogP contribution >= 0.6 is 15.9 Å². The molecule has 0 N–H and O–H groups in total. The summed E-state index contributed by atoms with van der Waals surface area (Å²) < 4.78 is 10.6. The van der Waals surface area contributed by atoms with Crippen LogP contribution in [0.2, 0.25) is 0 Å². The minimum absolute atomic E-state index is 0.134. The van der Waals surface area contributed by atoms with Crippen molar-refractivity contribution in [2.45, 2.75) is 39.5 Å². The molecule has 0 fully saturated rings. The first-order chi connectivity index (χ1) is 9.44. The number of unbranched alkanes of at least 4 members (excludes halogenated alkanes) is 1. The highest BCUT2D eigenvalue weighted by molar-refractivity contribution is 9.11. The number of carbonyl (C=O) groups excluding carboxylic acids is 2. The molecule has 0 aliphatic carbocycles. The minimum atomic E-state index is -1.37. The SMILES string of the molecule is C#CCCCC(CC(=C)Br)(C(=O)OCC)C(=O)OCC. The molecule has 112 valence electrons. The summed E-state index contributed by atoms with van der Waals surface area (Å²) >= 11 is 3.21. The second kappa shape index (κ2) is 9.60. The van der Waals surface area contributed by atoms with E-state index in [-0.39, 0.29) is 26.1 Å². The summed E-state index contributed by atoms with van der Waals surface area (Å²) in [5.41, 5.74) is -1.37. The Labute approximate surface area is 129 Å². The molecular formula is C15H21BrO4. The van der Waals surface area contributed by atoms with Crippen LogP contribution in [0, 0.1) is 17.8 Å². The van der Waals surface area contributed by atoms with Gasteiger partial charge in [0.25, 0.3) is 0 Å². The molecule has 0 heterocycles. The van der Waals surface area contributed by atoms with Gasteiger partial charge in [0.05, 0.1) is 13.2 Å². The average molecular weight is 345 g/mol. The topological polar surface area (TPSA) is 52.6 Å². The van der Waals surface area contributed by atoms with Crippen molar-refractivity contribution in [3.63, 3.8) is 0 Å². The maximum atomic E-state index is 12.3. The van der Waals surface area contributed by atoms with Crippen molar-refractivity contribution in [1.82, 2.24) is 0 Å². The Morgan fingerprint density at radius 1 is 1.25 bits per heavy atom. The molecule has 0 bridgehead atoms. The maximum absolute atomic E-state index is 12.3. The van der Waals surface area contributed by atoms with Gasteiger partial charge in [0, 0.05) is 12.8 Å². The molecule has 0 unspecified atom stereocenters. The van der Waals surface area contributed by atoms with Gasteiger partial charge in [-0.25, -0.2) is 0 Å². The Morgan fingerprint density at radius 2 is 1.75 bits per heavy atom. The molecule has 4 nitrogen and oxygen atoms in total. The van der Waals surface area contributed by atoms with E-state index in [4.69, 9.17) is 15.9 Å². The van der Waals surface area contributed by atoms with Crippen molar-refractivity contribution in [2.75, 3.05) is 13.2 Å². The van der Waals surface area contributed by atoms with Crippen molar-refractivity contribution in [2.24, 2.45) is 5.41 Å². The Morgan fingerprint density at radius 3 is 2.10 bits per heavy atom. The summed E-state index contributed by atoms with van der Waals surface area (Å²) in [4.78, 5) is 24.5. The lowest BCUT2D eigenvalue weighted by molar-refractivity contribution is -0.172. The van der Waals surface area contributed by atoms with Gasteiger partial charge in [0.1, 0.15) is 0 Å². The smallest absolute Gasteiger partial charge is 0.323 e. The van der Waals surface area contributed by atoms with Crippen LogP contribution in [0.5, 0.6) is 0 Å². The fourth-order valence-electron chi connectivity index (χ4n) is 1.88. The summed E-state index contributed by atoms with van der Waals surface area (Å²) in [6.45, 7) is 7.50. The van der Waals surface area contributed by atoms with Crippen molar-refractivity contribution < 1.29 is 19.1 Å². The van der Waals surface area contributed by atoms with Gasteiger partial charge < -0.3 is 9.47 Å². The van der Waals surface area contributed by atoms with Crippen LogP contribution in [0.15, 0.2) is 11.1 Å². The first kappa shape index (κ1) is 18.7. The highest BCUT2D eigenvalue weighted by Crippen LogP contribution is 2.36. The maximum Gasteiger partial charge on any atom is 0.323 e. The average Bonchev–Trinajstić information content (AvgIpc) is 2.37. The van der Waals surface area contributed by atoms with E-state index in [2.05, 4.69) is 28.4 Å². The molecule has 0 spiro atoms. The van der Waals surface area contributed by atoms with E-state index in [1.54, 1.807) is 13.8 Å². The van der Waals surface area contributed by atoms with E-state index in [1.165, 1.54) is 0 Å². The predicted octanol–water partition coefficient (Wildman–Crippen LogP) is 3.20. The number of terminal acetylenes is 1. The summed E-state index contributed by atoms with van der Waals surface area (Å²) in [5.74, 6) is 1.32. The van der Waals surface area contributed by atoms with Crippen LogP contribution in [0.4, 0.5) is 0 Å². The fraction of sp³-hybridized carbons (Fsp3) is 0.600. The van der Waals surface area contributed by atoms with E-state index in [0.29, 0.717) is 17.3 Å². The third kappa shape index (κ3) is 5.38. The second-order valence-electron chi connectivity index (χ2n) is 4.27. The molecule has 20 heavy (non-hydrogen) atoms. The highest BCUT2D eigenvalue weighted by Gasteiger charge is 2.48. The Bertz CT molecular complexity index is 377. The zero-order valence-corrected chi connectivity index (χ0v) is 13.6. The molecule has 0 atom stereocenters. The summed E-state index contributed by atoms with van der Waals surface area (Å²) in [6.07, 6.45) is 6.65. The van der Waals surface area contributed by atoms with Crippen LogP contribution in [0.3, 0.4) is 0 Å². The van der Waals surface area contributed by atoms with Crippen LogP contribution in [0.1, 0.15) is 39.5 Å². The number of esters is 2. The van der Waals surface area contributed by atoms with E-state index in [0.717, 1.165) is 0 Å². The van der Waals surface area contributed by atoms with E-state index in [9.17, 15) is 9.59 Å². The predicted molar refractivity (Wildman–Crippen MR) is 81.1 cm³/mol. The number of rotatable bonds is 9. The lowest BCUT2D eigenvalue weighted by Crippen LogP contribution is -2.42. The van der Waals surface area contributed by atoms with E-state index < -0.39 is 17.4 Å². The van der Waals surface area contributed by atoms with Crippen LogP contribution in [-0.2, 0) is 19.1 Å². The number of hydrogen-bond donors (Lipinski definition) is 0. The van der Waals surface area contributed by atoms with Gasteiger partial charge in [-0.3, -0.25) is 9.59 Å². The van der Waals surface area contributed by atoms with Crippen molar-refractivity contribution in [3.8, 4) is 12.3 Å². The molecular weight excluding hydrogens is 324 g/mol. The molecule has 0 rings (SSSR count). The minimum Gasteiger partial charge on any atom is -0.465 e. The zero-order valence-electron chi connectivity index (χ0n) is 12.0. The van der Waals surface area contributed by atoms with Gasteiger partial charge in [-0.05, 0) is 31.2 Å². The second-order valence-corrected chi connectivity index (χ2v) is 5.40. The van der Waals surface area contributed by atoms with Gasteiger partial charge in [0.15, 0.2) is 5.41 Å². The number of ether oxygens (including phenoxy) is 2. The number of hydrogen-bond acceptors (Lipinski definition) is 4. The molecule has 5 heteroatoms. The Kier molecular flexibility index (Phi) is 8.98. The lowest BCUT2D eigenvalue weighted by atomic mass is 9.79. The number of carbonyl (C=O) groups is 2. The van der Waals surface area contributed by atoms with Gasteiger partial charge in [-0.1, -0.05) is 22.5 Å². The number of allylic oxidation sites excluding steroid dienone is 1. The molecule has 0 aromatic carbocycles. The van der Waals surface area contributed by atoms with E-state index >= 15 is 0 Å². The van der Waals surface area contributed by atoms with Crippen molar-refractivity contribution >= 4 is 27.9 Å². The fourth-order valence-corrected chi connectivity index (χ4v) is 2.36. The van der Waals surface area contributed by atoms with Crippen molar-refractivity contribution in [3.05, 3.63) is 11.1 Å². The normalized spacial score (nSPS) is 10.5. The molecule has 0 aliphatic heterocycles. The first-order valence-electron chi connectivity index (χ1n) is 6.55. The molecule has 0 aromatic heterocycles.